The fraction of sp³-hybridized carbons (Fsp3) is 0.471. The summed E-state index contributed by atoms with van der Waals surface area (Å²) in [6.07, 6.45) is 4.17. The van der Waals surface area contributed by atoms with E-state index in [0.717, 1.165) is 12.8 Å². The number of hydrogen-bond acceptors (Lipinski definition) is 2. The molecule has 112 valence electrons. The predicted molar refractivity (Wildman–Crippen MR) is 82.0 cm³/mol. The van der Waals surface area contributed by atoms with E-state index in [1.807, 2.05) is 6.07 Å². The maximum absolute atomic E-state index is 12.0. The lowest BCUT2D eigenvalue weighted by Gasteiger charge is -2.26. The first-order chi connectivity index (χ1) is 10.2. The van der Waals surface area contributed by atoms with Gasteiger partial charge in [-0.3, -0.25) is 0 Å². The van der Waals surface area contributed by atoms with Gasteiger partial charge in [-0.25, -0.2) is 4.79 Å². The fourth-order valence-corrected chi connectivity index (χ4v) is 3.40. The lowest BCUT2D eigenvalue weighted by molar-refractivity contribution is -0.722. The molecule has 4 nitrogen and oxygen atoms in total. The highest BCUT2D eigenvalue weighted by molar-refractivity contribution is 5.86. The Balaban J connectivity index is 2.01. The first-order valence-electron chi connectivity index (χ1n) is 7.77. The summed E-state index contributed by atoms with van der Waals surface area (Å²) in [5.41, 5.74) is 3.76. The van der Waals surface area contributed by atoms with Crippen molar-refractivity contribution in [2.24, 2.45) is 0 Å². The molecule has 2 heterocycles. The number of unbranched alkanes of at least 4 members (excludes halogenated alkanes) is 1. The van der Waals surface area contributed by atoms with Crippen LogP contribution in [0.15, 0.2) is 24.3 Å². The van der Waals surface area contributed by atoms with E-state index in [4.69, 9.17) is 4.74 Å². The van der Waals surface area contributed by atoms with Crippen molar-refractivity contribution in [3.05, 3.63) is 35.5 Å². The molecule has 1 aliphatic rings. The number of hydrogen-bond donors (Lipinski definition) is 2. The molecule has 0 spiro atoms. The Kier molecular flexibility index (Phi) is 3.97. The number of fused-ring (bicyclic) bond motifs is 3. The topological polar surface area (TPSA) is 58.7 Å². The number of carbonyl (C=O) groups excluding carboxylic acids is 1. The first-order valence-corrected chi connectivity index (χ1v) is 7.77. The second kappa shape index (κ2) is 5.90. The molecular weight excluding hydrogens is 264 g/mol. The number of aromatic nitrogens is 1. The monoisotopic (exact) mass is 287 g/mol. The maximum Gasteiger partial charge on any atom is 0.364 e. The Labute approximate surface area is 124 Å². The zero-order valence-corrected chi connectivity index (χ0v) is 12.7. The summed E-state index contributed by atoms with van der Waals surface area (Å²) in [6.45, 7) is 2.20. The van der Waals surface area contributed by atoms with E-state index in [-0.39, 0.29) is 12.0 Å². The Hall–Kier alpha value is -1.81. The highest BCUT2D eigenvalue weighted by Gasteiger charge is 2.36. The largest absolute Gasteiger partial charge is 0.465 e. The van der Waals surface area contributed by atoms with Crippen molar-refractivity contribution < 1.29 is 14.8 Å². The lowest BCUT2D eigenvalue weighted by Crippen LogP contribution is -2.94. The van der Waals surface area contributed by atoms with Gasteiger partial charge in [0.05, 0.1) is 12.8 Å². The van der Waals surface area contributed by atoms with Gasteiger partial charge >= 0.3 is 5.97 Å². The van der Waals surface area contributed by atoms with Crippen LogP contribution < -0.4 is 5.32 Å². The number of carbonyl (C=O) groups is 1. The normalized spacial score (nSPS) is 21.2. The Morgan fingerprint density at radius 3 is 3.00 bits per heavy atom. The number of para-hydroxylation sites is 1. The smallest absolute Gasteiger partial charge is 0.364 e. The molecule has 0 radical (unpaired) electrons. The standard InChI is InChI=1S/C17H22N2O2/c1-3-4-8-14-16-12(10-15(18-14)17(20)21-2)11-7-5-6-9-13(11)19-16/h5-7,9,14-15,18-19H,3-4,8,10H2,1-2H3/p+1. The summed E-state index contributed by atoms with van der Waals surface area (Å²) in [5.74, 6) is -0.118. The molecular formula is C17H23N2O2+. The van der Waals surface area contributed by atoms with E-state index < -0.39 is 0 Å². The number of esters is 1. The molecule has 0 fully saturated rings. The quantitative estimate of drug-likeness (QED) is 0.846. The van der Waals surface area contributed by atoms with Crippen LogP contribution in [0.1, 0.15) is 43.5 Å². The number of nitrogens with one attached hydrogen (secondary N) is 1. The van der Waals surface area contributed by atoms with Crippen LogP contribution in [0.3, 0.4) is 0 Å². The Morgan fingerprint density at radius 2 is 2.24 bits per heavy atom. The molecule has 1 aromatic heterocycles. The van der Waals surface area contributed by atoms with Gasteiger partial charge in [0.2, 0.25) is 0 Å². The van der Waals surface area contributed by atoms with Crippen molar-refractivity contribution in [1.29, 1.82) is 0 Å². The summed E-state index contributed by atoms with van der Waals surface area (Å²) in [7, 11) is 1.47. The minimum atomic E-state index is -0.122. The van der Waals surface area contributed by atoms with Crippen molar-refractivity contribution in [2.45, 2.75) is 44.7 Å². The van der Waals surface area contributed by atoms with E-state index in [1.165, 1.54) is 42.1 Å². The van der Waals surface area contributed by atoms with Gasteiger partial charge in [0, 0.05) is 23.7 Å². The molecule has 3 rings (SSSR count). The zero-order valence-electron chi connectivity index (χ0n) is 12.7. The molecule has 21 heavy (non-hydrogen) atoms. The van der Waals surface area contributed by atoms with Crippen LogP contribution >= 0.6 is 0 Å². The van der Waals surface area contributed by atoms with Gasteiger partial charge < -0.3 is 15.0 Å². The lowest BCUT2D eigenvalue weighted by atomic mass is 9.91. The summed E-state index contributed by atoms with van der Waals surface area (Å²) in [6, 6.07) is 8.56. The summed E-state index contributed by atoms with van der Waals surface area (Å²) < 4.78 is 4.97. The van der Waals surface area contributed by atoms with Crippen molar-refractivity contribution >= 4 is 16.9 Å². The SMILES string of the molecule is CCCCC1[NH2+]C(C(=O)OC)Cc2c1[nH]c1ccccc21. The molecule has 0 amide bonds. The van der Waals surface area contributed by atoms with Gasteiger partial charge in [-0.05, 0) is 18.1 Å². The van der Waals surface area contributed by atoms with Crippen molar-refractivity contribution in [2.75, 3.05) is 7.11 Å². The van der Waals surface area contributed by atoms with E-state index in [2.05, 4.69) is 35.4 Å². The van der Waals surface area contributed by atoms with Crippen LogP contribution in [0.5, 0.6) is 0 Å². The number of methoxy groups -OCH3 is 1. The van der Waals surface area contributed by atoms with Crippen molar-refractivity contribution in [3.8, 4) is 0 Å². The molecule has 3 N–H and O–H groups in total. The molecule has 0 bridgehead atoms. The third-order valence-electron chi connectivity index (χ3n) is 4.48. The van der Waals surface area contributed by atoms with E-state index >= 15 is 0 Å². The molecule has 0 saturated carbocycles. The molecule has 2 aromatic rings. The van der Waals surface area contributed by atoms with Gasteiger partial charge in [0.15, 0.2) is 6.04 Å². The van der Waals surface area contributed by atoms with E-state index in [1.54, 1.807) is 0 Å². The minimum absolute atomic E-state index is 0.118. The van der Waals surface area contributed by atoms with E-state index in [0.29, 0.717) is 6.04 Å². The number of benzene rings is 1. The Bertz CT molecular complexity index is 647. The van der Waals surface area contributed by atoms with Gasteiger partial charge in [0.25, 0.3) is 0 Å². The maximum atomic E-state index is 12.0. The number of nitrogens with two attached hydrogens (primary N) is 1. The Morgan fingerprint density at radius 1 is 1.43 bits per heavy atom. The molecule has 0 saturated heterocycles. The van der Waals surface area contributed by atoms with Crippen LogP contribution in [-0.2, 0) is 16.0 Å². The van der Waals surface area contributed by atoms with Gasteiger partial charge in [0.1, 0.15) is 6.04 Å². The van der Waals surface area contributed by atoms with Crippen LogP contribution in [-0.4, -0.2) is 24.1 Å². The van der Waals surface area contributed by atoms with Crippen molar-refractivity contribution in [1.82, 2.24) is 4.98 Å². The third-order valence-corrected chi connectivity index (χ3v) is 4.48. The van der Waals surface area contributed by atoms with E-state index in [9.17, 15) is 4.79 Å². The van der Waals surface area contributed by atoms with Crippen molar-refractivity contribution in [3.63, 3.8) is 0 Å². The molecule has 1 aliphatic heterocycles. The molecule has 0 aliphatic carbocycles. The second-order valence-corrected chi connectivity index (χ2v) is 5.84. The molecule has 2 unspecified atom stereocenters. The number of quaternary nitrogens is 1. The zero-order chi connectivity index (χ0) is 14.8. The molecule has 1 aromatic carbocycles. The predicted octanol–water partition coefficient (Wildman–Crippen LogP) is 2.06. The van der Waals surface area contributed by atoms with Crippen LogP contribution in [0, 0.1) is 0 Å². The average molecular weight is 287 g/mol. The van der Waals surface area contributed by atoms with Crippen LogP contribution in [0.2, 0.25) is 0 Å². The average Bonchev–Trinajstić information content (AvgIpc) is 2.90. The summed E-state index contributed by atoms with van der Waals surface area (Å²) >= 11 is 0. The minimum Gasteiger partial charge on any atom is -0.465 e. The summed E-state index contributed by atoms with van der Waals surface area (Å²) in [5, 5.41) is 3.43. The van der Waals surface area contributed by atoms with Gasteiger partial charge in [-0.1, -0.05) is 31.5 Å². The number of H-pyrrole nitrogens is 1. The highest BCUT2D eigenvalue weighted by atomic mass is 16.5. The third kappa shape index (κ3) is 2.56. The van der Waals surface area contributed by atoms with Gasteiger partial charge in [-0.2, -0.15) is 0 Å². The summed E-state index contributed by atoms with van der Waals surface area (Å²) in [4.78, 5) is 15.6. The van der Waals surface area contributed by atoms with Gasteiger partial charge in [-0.15, -0.1) is 0 Å². The van der Waals surface area contributed by atoms with Crippen LogP contribution in [0.4, 0.5) is 0 Å². The number of aromatic amines is 1. The highest BCUT2D eigenvalue weighted by Crippen LogP contribution is 2.30. The molecule has 2 atom stereocenters. The first kappa shape index (κ1) is 14.1. The fourth-order valence-electron chi connectivity index (χ4n) is 3.40. The van der Waals surface area contributed by atoms with Crippen LogP contribution in [0.25, 0.3) is 10.9 Å². The number of rotatable bonds is 4. The second-order valence-electron chi connectivity index (χ2n) is 5.84. The number of ether oxygens (including phenoxy) is 1. The molecule has 4 heteroatoms.